The fourth-order valence-electron chi connectivity index (χ4n) is 3.52. The molecule has 1 heterocycles. The molecule has 1 fully saturated rings. The molecule has 5 nitrogen and oxygen atoms in total. The molecular weight excluding hydrogens is 326 g/mol. The summed E-state index contributed by atoms with van der Waals surface area (Å²) in [6.07, 6.45) is 0. The number of likely N-dealkylation sites (tertiary alicyclic amines) is 1. The van der Waals surface area contributed by atoms with Crippen LogP contribution in [-0.4, -0.2) is 31.1 Å². The molecule has 2 atom stereocenters. The van der Waals surface area contributed by atoms with Crippen molar-refractivity contribution in [2.75, 3.05) is 20.2 Å². The van der Waals surface area contributed by atoms with E-state index < -0.39 is 0 Å². The van der Waals surface area contributed by atoms with E-state index in [0.29, 0.717) is 30.8 Å². The van der Waals surface area contributed by atoms with Crippen molar-refractivity contribution >= 4 is 5.97 Å². The number of esters is 1. The van der Waals surface area contributed by atoms with Crippen LogP contribution in [0, 0.1) is 28.6 Å². The molecule has 0 amide bonds. The zero-order chi connectivity index (χ0) is 18.5. The second-order valence-corrected chi connectivity index (χ2v) is 6.48. The third-order valence-corrected chi connectivity index (χ3v) is 4.83. The fraction of sp³-hybridized carbons (Fsp3) is 0.286. The van der Waals surface area contributed by atoms with Crippen molar-refractivity contribution in [1.29, 1.82) is 10.5 Å². The Bertz CT molecular complexity index is 877. The van der Waals surface area contributed by atoms with Gasteiger partial charge in [-0.1, -0.05) is 24.3 Å². The minimum Gasteiger partial charge on any atom is -0.469 e. The lowest BCUT2D eigenvalue weighted by Gasteiger charge is -2.17. The number of benzene rings is 2. The Balaban J connectivity index is 1.81. The molecule has 0 saturated carbocycles. The van der Waals surface area contributed by atoms with Gasteiger partial charge in [0.2, 0.25) is 0 Å². The minimum absolute atomic E-state index is 0.00543. The zero-order valence-corrected chi connectivity index (χ0v) is 14.6. The molecule has 1 aliphatic rings. The highest BCUT2D eigenvalue weighted by Gasteiger charge is 2.39. The highest BCUT2D eigenvalue weighted by molar-refractivity contribution is 5.74. The zero-order valence-electron chi connectivity index (χ0n) is 14.6. The van der Waals surface area contributed by atoms with Gasteiger partial charge in [-0.2, -0.15) is 10.5 Å². The first-order valence-electron chi connectivity index (χ1n) is 8.44. The lowest BCUT2D eigenvalue weighted by Crippen LogP contribution is -2.24. The maximum absolute atomic E-state index is 12.3. The minimum atomic E-state index is -0.257. The van der Waals surface area contributed by atoms with Crippen LogP contribution < -0.4 is 0 Å². The number of methoxy groups -OCH3 is 1. The van der Waals surface area contributed by atoms with E-state index >= 15 is 0 Å². The van der Waals surface area contributed by atoms with Crippen LogP contribution in [0.2, 0.25) is 0 Å². The molecule has 130 valence electrons. The molecular formula is C21H19N3O2. The van der Waals surface area contributed by atoms with Crippen molar-refractivity contribution in [3.8, 4) is 12.1 Å². The van der Waals surface area contributed by atoms with E-state index in [1.807, 2.05) is 30.3 Å². The normalized spacial score (nSPS) is 19.5. The quantitative estimate of drug-likeness (QED) is 0.796. The molecule has 0 radical (unpaired) electrons. The predicted octanol–water partition coefficient (Wildman–Crippen LogP) is 2.82. The van der Waals surface area contributed by atoms with E-state index in [9.17, 15) is 4.79 Å². The molecule has 26 heavy (non-hydrogen) atoms. The number of ether oxygens (including phenoxy) is 1. The summed E-state index contributed by atoms with van der Waals surface area (Å²) in [6, 6.07) is 19.2. The standard InChI is InChI=1S/C21H19N3O2/c1-26-21(25)20-14-24(12-16-7-5-15(10-22)6-8-16)13-19(20)18-4-2-3-17(9-18)11-23/h2-9,19-20H,12-14H2,1H3/t19-,20+/m0/s1. The van der Waals surface area contributed by atoms with E-state index in [4.69, 9.17) is 15.3 Å². The van der Waals surface area contributed by atoms with Gasteiger partial charge < -0.3 is 4.74 Å². The lowest BCUT2D eigenvalue weighted by atomic mass is 9.88. The molecule has 1 aliphatic heterocycles. The molecule has 2 aromatic rings. The Morgan fingerprint density at radius 1 is 1.12 bits per heavy atom. The summed E-state index contributed by atoms with van der Waals surface area (Å²) in [5, 5.41) is 18.0. The summed E-state index contributed by atoms with van der Waals surface area (Å²) >= 11 is 0. The Hall–Kier alpha value is -3.15. The Morgan fingerprint density at radius 3 is 2.50 bits per heavy atom. The van der Waals surface area contributed by atoms with Gasteiger partial charge in [-0.05, 0) is 35.4 Å². The van der Waals surface area contributed by atoms with Crippen molar-refractivity contribution in [3.05, 3.63) is 70.8 Å². The maximum atomic E-state index is 12.3. The summed E-state index contributed by atoms with van der Waals surface area (Å²) in [7, 11) is 1.41. The predicted molar refractivity (Wildman–Crippen MR) is 95.8 cm³/mol. The number of nitriles is 2. The fourth-order valence-corrected chi connectivity index (χ4v) is 3.52. The SMILES string of the molecule is COC(=O)[C@@H]1CN(Cc2ccc(C#N)cc2)C[C@H]1c1cccc(C#N)c1. The van der Waals surface area contributed by atoms with Crippen LogP contribution in [0.5, 0.6) is 0 Å². The summed E-state index contributed by atoms with van der Waals surface area (Å²) < 4.78 is 5.00. The van der Waals surface area contributed by atoms with Crippen LogP contribution in [0.3, 0.4) is 0 Å². The monoisotopic (exact) mass is 345 g/mol. The topological polar surface area (TPSA) is 77.1 Å². The number of carbonyl (C=O) groups excluding carboxylic acids is 1. The van der Waals surface area contributed by atoms with Crippen LogP contribution in [0.15, 0.2) is 48.5 Å². The first-order valence-corrected chi connectivity index (χ1v) is 8.44. The molecule has 2 aromatic carbocycles. The Morgan fingerprint density at radius 2 is 1.85 bits per heavy atom. The molecule has 1 saturated heterocycles. The van der Waals surface area contributed by atoms with Gasteiger partial charge >= 0.3 is 5.97 Å². The van der Waals surface area contributed by atoms with Gasteiger partial charge in [0, 0.05) is 25.6 Å². The first-order chi connectivity index (χ1) is 12.6. The van der Waals surface area contributed by atoms with Gasteiger partial charge in [0.1, 0.15) is 0 Å². The van der Waals surface area contributed by atoms with Crippen LogP contribution in [0.25, 0.3) is 0 Å². The van der Waals surface area contributed by atoms with Gasteiger partial charge in [0.25, 0.3) is 0 Å². The van der Waals surface area contributed by atoms with Crippen molar-refractivity contribution in [2.24, 2.45) is 5.92 Å². The number of carbonyl (C=O) groups is 1. The summed E-state index contributed by atoms with van der Waals surface area (Å²) in [5.41, 5.74) is 3.31. The van der Waals surface area contributed by atoms with Gasteiger partial charge in [0.05, 0.1) is 36.3 Å². The number of rotatable bonds is 4. The number of hydrogen-bond donors (Lipinski definition) is 0. The van der Waals surface area contributed by atoms with Crippen molar-refractivity contribution in [1.82, 2.24) is 4.90 Å². The molecule has 0 aromatic heterocycles. The Labute approximate surface area is 153 Å². The van der Waals surface area contributed by atoms with Crippen LogP contribution in [-0.2, 0) is 16.1 Å². The van der Waals surface area contributed by atoms with Crippen LogP contribution >= 0.6 is 0 Å². The summed E-state index contributed by atoms with van der Waals surface area (Å²) in [4.78, 5) is 14.5. The molecule has 0 spiro atoms. The molecule has 0 unspecified atom stereocenters. The van der Waals surface area contributed by atoms with Crippen molar-refractivity contribution < 1.29 is 9.53 Å². The second kappa shape index (κ2) is 7.82. The smallest absolute Gasteiger partial charge is 0.310 e. The van der Waals surface area contributed by atoms with Gasteiger partial charge in [-0.3, -0.25) is 9.69 Å². The highest BCUT2D eigenvalue weighted by Crippen LogP contribution is 2.34. The maximum Gasteiger partial charge on any atom is 0.310 e. The molecule has 3 rings (SSSR count). The molecule has 0 aliphatic carbocycles. The highest BCUT2D eigenvalue weighted by atomic mass is 16.5. The first kappa shape index (κ1) is 17.7. The molecule has 0 bridgehead atoms. The van der Waals surface area contributed by atoms with Crippen molar-refractivity contribution in [3.63, 3.8) is 0 Å². The summed E-state index contributed by atoms with van der Waals surface area (Å²) in [5.74, 6) is -0.485. The average Bonchev–Trinajstić information content (AvgIpc) is 3.11. The Kier molecular flexibility index (Phi) is 5.31. The van der Waals surface area contributed by atoms with Crippen LogP contribution in [0.1, 0.15) is 28.2 Å². The van der Waals surface area contributed by atoms with E-state index in [-0.39, 0.29) is 17.8 Å². The summed E-state index contributed by atoms with van der Waals surface area (Å²) in [6.45, 7) is 2.02. The van der Waals surface area contributed by atoms with Crippen molar-refractivity contribution in [2.45, 2.75) is 12.5 Å². The van der Waals surface area contributed by atoms with E-state index in [2.05, 4.69) is 17.0 Å². The van der Waals surface area contributed by atoms with Gasteiger partial charge in [-0.25, -0.2) is 0 Å². The van der Waals surface area contributed by atoms with E-state index in [0.717, 1.165) is 11.1 Å². The third-order valence-electron chi connectivity index (χ3n) is 4.83. The van der Waals surface area contributed by atoms with E-state index in [1.165, 1.54) is 7.11 Å². The van der Waals surface area contributed by atoms with Crippen LogP contribution in [0.4, 0.5) is 0 Å². The molecule has 5 heteroatoms. The lowest BCUT2D eigenvalue weighted by molar-refractivity contribution is -0.145. The van der Waals surface area contributed by atoms with Gasteiger partial charge in [0.15, 0.2) is 0 Å². The number of nitrogens with zero attached hydrogens (tertiary/aromatic N) is 3. The average molecular weight is 345 g/mol. The number of hydrogen-bond acceptors (Lipinski definition) is 5. The third kappa shape index (κ3) is 3.74. The largest absolute Gasteiger partial charge is 0.469 e. The second-order valence-electron chi connectivity index (χ2n) is 6.48. The van der Waals surface area contributed by atoms with E-state index in [1.54, 1.807) is 18.2 Å². The van der Waals surface area contributed by atoms with Gasteiger partial charge in [-0.15, -0.1) is 0 Å². The molecule has 0 N–H and O–H groups in total.